The Morgan fingerprint density at radius 3 is 2.52 bits per heavy atom. The van der Waals surface area contributed by atoms with Gasteiger partial charge in [0.25, 0.3) is 5.56 Å². The van der Waals surface area contributed by atoms with Crippen molar-refractivity contribution in [2.45, 2.75) is 0 Å². The van der Waals surface area contributed by atoms with Crippen LogP contribution in [0.3, 0.4) is 0 Å². The molecule has 0 radical (unpaired) electrons. The number of hydrogen-bond donors (Lipinski definition) is 2. The number of rotatable bonds is 3. The van der Waals surface area contributed by atoms with Gasteiger partial charge in [0.15, 0.2) is 5.82 Å². The standard InChI is InChI=1S/C13H9F2IN2O3/c1-18-11(7(13(20)21)5-9(15)12(18)19)17-10-3-2-6(16)4-8(10)14/h2-5,17H,1H3,(H,20,21). The van der Waals surface area contributed by atoms with E-state index in [2.05, 4.69) is 5.32 Å². The molecule has 0 aliphatic carbocycles. The highest BCUT2D eigenvalue weighted by atomic mass is 127. The van der Waals surface area contributed by atoms with Crippen molar-refractivity contribution in [1.82, 2.24) is 4.57 Å². The zero-order valence-corrected chi connectivity index (χ0v) is 12.8. The minimum Gasteiger partial charge on any atom is -0.478 e. The van der Waals surface area contributed by atoms with Gasteiger partial charge in [-0.15, -0.1) is 0 Å². The molecule has 0 amide bonds. The van der Waals surface area contributed by atoms with Crippen LogP contribution in [0.5, 0.6) is 0 Å². The number of carboxylic acids is 1. The van der Waals surface area contributed by atoms with Gasteiger partial charge in [-0.3, -0.25) is 9.36 Å². The van der Waals surface area contributed by atoms with Gasteiger partial charge in [-0.05, 0) is 46.9 Å². The summed E-state index contributed by atoms with van der Waals surface area (Å²) in [6.45, 7) is 0. The average molecular weight is 406 g/mol. The number of carbonyl (C=O) groups is 1. The number of nitrogens with zero attached hydrogens (tertiary/aromatic N) is 1. The van der Waals surface area contributed by atoms with E-state index in [4.69, 9.17) is 5.11 Å². The molecule has 0 atom stereocenters. The van der Waals surface area contributed by atoms with Crippen LogP contribution in [-0.2, 0) is 7.05 Å². The van der Waals surface area contributed by atoms with Crippen molar-refractivity contribution in [2.24, 2.45) is 7.05 Å². The third-order valence-electron chi connectivity index (χ3n) is 2.79. The number of aromatic carboxylic acids is 1. The van der Waals surface area contributed by atoms with Gasteiger partial charge in [0.1, 0.15) is 17.2 Å². The van der Waals surface area contributed by atoms with Gasteiger partial charge in [-0.2, -0.15) is 0 Å². The molecular weight excluding hydrogens is 397 g/mol. The Balaban J connectivity index is 2.60. The van der Waals surface area contributed by atoms with E-state index >= 15 is 0 Å². The summed E-state index contributed by atoms with van der Waals surface area (Å²) < 4.78 is 28.6. The van der Waals surface area contributed by atoms with E-state index in [0.29, 0.717) is 9.64 Å². The van der Waals surface area contributed by atoms with E-state index in [1.807, 2.05) is 22.6 Å². The lowest BCUT2D eigenvalue weighted by Gasteiger charge is -2.14. The molecule has 110 valence electrons. The lowest BCUT2D eigenvalue weighted by atomic mass is 10.2. The highest BCUT2D eigenvalue weighted by Gasteiger charge is 2.18. The van der Waals surface area contributed by atoms with Crippen LogP contribution in [-0.4, -0.2) is 15.6 Å². The van der Waals surface area contributed by atoms with Crippen molar-refractivity contribution in [3.8, 4) is 0 Å². The first-order valence-corrected chi connectivity index (χ1v) is 6.74. The first-order valence-electron chi connectivity index (χ1n) is 5.66. The molecule has 0 aliphatic rings. The summed E-state index contributed by atoms with van der Waals surface area (Å²) in [6.07, 6.45) is 0. The molecule has 0 bridgehead atoms. The third kappa shape index (κ3) is 3.04. The zero-order chi connectivity index (χ0) is 15.7. The van der Waals surface area contributed by atoms with Crippen LogP contribution >= 0.6 is 22.6 Å². The molecule has 0 spiro atoms. The lowest BCUT2D eigenvalue weighted by molar-refractivity contribution is 0.0696. The molecule has 2 N–H and O–H groups in total. The van der Waals surface area contributed by atoms with Crippen LogP contribution in [0.2, 0.25) is 0 Å². The van der Waals surface area contributed by atoms with E-state index in [1.54, 1.807) is 6.07 Å². The Bertz CT molecular complexity index is 790. The fraction of sp³-hybridized carbons (Fsp3) is 0.0769. The number of pyridine rings is 1. The zero-order valence-electron chi connectivity index (χ0n) is 10.7. The summed E-state index contributed by atoms with van der Waals surface area (Å²) in [5, 5.41) is 11.6. The number of nitrogens with one attached hydrogen (secondary N) is 1. The molecule has 21 heavy (non-hydrogen) atoms. The van der Waals surface area contributed by atoms with E-state index in [-0.39, 0.29) is 11.5 Å². The van der Waals surface area contributed by atoms with Gasteiger partial charge >= 0.3 is 5.97 Å². The number of aromatic nitrogens is 1. The highest BCUT2D eigenvalue weighted by Crippen LogP contribution is 2.23. The van der Waals surface area contributed by atoms with Crippen molar-refractivity contribution >= 4 is 40.1 Å². The number of halogens is 3. The molecule has 5 nitrogen and oxygen atoms in total. The van der Waals surface area contributed by atoms with Crippen molar-refractivity contribution in [3.63, 3.8) is 0 Å². The molecule has 0 fully saturated rings. The Hall–Kier alpha value is -1.97. The molecule has 1 aromatic carbocycles. The second-order valence-corrected chi connectivity index (χ2v) is 5.42. The van der Waals surface area contributed by atoms with Crippen molar-refractivity contribution in [1.29, 1.82) is 0 Å². The Morgan fingerprint density at radius 1 is 1.29 bits per heavy atom. The molecule has 1 heterocycles. The van der Waals surface area contributed by atoms with Crippen LogP contribution in [0.15, 0.2) is 29.1 Å². The number of hydrogen-bond acceptors (Lipinski definition) is 3. The van der Waals surface area contributed by atoms with Gasteiger partial charge in [0.2, 0.25) is 0 Å². The summed E-state index contributed by atoms with van der Waals surface area (Å²) >= 11 is 1.92. The van der Waals surface area contributed by atoms with Crippen molar-refractivity contribution in [2.75, 3.05) is 5.32 Å². The minimum atomic E-state index is -1.43. The molecule has 0 saturated carbocycles. The summed E-state index contributed by atoms with van der Waals surface area (Å²) in [5.41, 5.74) is -1.49. The van der Waals surface area contributed by atoms with Crippen LogP contribution in [0.4, 0.5) is 20.3 Å². The molecule has 8 heteroatoms. The minimum absolute atomic E-state index is 0.0143. The number of carboxylic acid groups (broad SMARTS) is 1. The summed E-state index contributed by atoms with van der Waals surface area (Å²) in [5.74, 6) is -3.44. The van der Waals surface area contributed by atoms with Crippen LogP contribution in [0.1, 0.15) is 10.4 Å². The maximum absolute atomic E-state index is 13.8. The first kappa shape index (κ1) is 15.4. The SMILES string of the molecule is Cn1c(Nc2ccc(I)cc2F)c(C(=O)O)cc(F)c1=O. The fourth-order valence-electron chi connectivity index (χ4n) is 1.73. The molecule has 2 rings (SSSR count). The molecule has 1 aromatic heterocycles. The highest BCUT2D eigenvalue weighted by molar-refractivity contribution is 14.1. The van der Waals surface area contributed by atoms with Gasteiger partial charge in [0.05, 0.1) is 5.69 Å². The Labute approximate surface area is 131 Å². The van der Waals surface area contributed by atoms with Crippen LogP contribution in [0.25, 0.3) is 0 Å². The predicted molar refractivity (Wildman–Crippen MR) is 81.0 cm³/mol. The van der Waals surface area contributed by atoms with Gasteiger partial charge in [-0.25, -0.2) is 13.6 Å². The maximum atomic E-state index is 13.8. The molecule has 0 unspecified atom stereocenters. The molecule has 2 aromatic rings. The fourth-order valence-corrected chi connectivity index (χ4v) is 2.19. The first-order chi connectivity index (χ1) is 9.81. The second-order valence-electron chi connectivity index (χ2n) is 4.17. The smallest absolute Gasteiger partial charge is 0.339 e. The monoisotopic (exact) mass is 406 g/mol. The summed E-state index contributed by atoms with van der Waals surface area (Å²) in [7, 11) is 1.20. The normalized spacial score (nSPS) is 10.5. The van der Waals surface area contributed by atoms with Crippen molar-refractivity contribution < 1.29 is 18.7 Å². The average Bonchev–Trinajstić information content (AvgIpc) is 2.41. The number of anilines is 2. The van der Waals surface area contributed by atoms with E-state index in [1.165, 1.54) is 19.2 Å². The van der Waals surface area contributed by atoms with E-state index in [9.17, 15) is 18.4 Å². The third-order valence-corrected chi connectivity index (χ3v) is 3.46. The summed E-state index contributed by atoms with van der Waals surface area (Å²) in [6, 6.07) is 4.85. The molecular formula is C13H9F2IN2O3. The van der Waals surface area contributed by atoms with Gasteiger partial charge in [0, 0.05) is 10.6 Å². The quantitative estimate of drug-likeness (QED) is 0.770. The lowest BCUT2D eigenvalue weighted by Crippen LogP contribution is -2.25. The molecule has 0 aliphatic heterocycles. The largest absolute Gasteiger partial charge is 0.478 e. The van der Waals surface area contributed by atoms with E-state index in [0.717, 1.165) is 4.57 Å². The van der Waals surface area contributed by atoms with Crippen LogP contribution in [0, 0.1) is 15.2 Å². The maximum Gasteiger partial charge on any atom is 0.339 e. The molecule has 0 saturated heterocycles. The van der Waals surface area contributed by atoms with Gasteiger partial charge < -0.3 is 10.4 Å². The topological polar surface area (TPSA) is 71.3 Å². The predicted octanol–water partition coefficient (Wildman–Crippen LogP) is 2.71. The second kappa shape index (κ2) is 5.80. The van der Waals surface area contributed by atoms with E-state index < -0.39 is 28.7 Å². The Kier molecular flexibility index (Phi) is 4.26. The Morgan fingerprint density at radius 2 is 1.95 bits per heavy atom. The number of benzene rings is 1. The summed E-state index contributed by atoms with van der Waals surface area (Å²) in [4.78, 5) is 22.7. The van der Waals surface area contributed by atoms with Crippen molar-refractivity contribution in [3.05, 3.63) is 55.4 Å². The van der Waals surface area contributed by atoms with Crippen LogP contribution < -0.4 is 10.9 Å². The van der Waals surface area contributed by atoms with Gasteiger partial charge in [-0.1, -0.05) is 0 Å².